The van der Waals surface area contributed by atoms with Crippen LogP contribution in [-0.2, 0) is 21.8 Å². The summed E-state index contributed by atoms with van der Waals surface area (Å²) in [5.74, 6) is -1.59. The van der Waals surface area contributed by atoms with E-state index < -0.39 is 31.8 Å². The molecule has 1 atom stereocenters. The number of hydrogen-bond donors (Lipinski definition) is 1. The van der Waals surface area contributed by atoms with Crippen molar-refractivity contribution in [3.63, 3.8) is 0 Å². The number of amidine groups is 1. The van der Waals surface area contributed by atoms with E-state index in [-0.39, 0.29) is 29.0 Å². The van der Waals surface area contributed by atoms with Crippen LogP contribution in [0.1, 0.15) is 37.6 Å². The van der Waals surface area contributed by atoms with Gasteiger partial charge in [0.25, 0.3) is 0 Å². The summed E-state index contributed by atoms with van der Waals surface area (Å²) in [6, 6.07) is 5.83. The van der Waals surface area contributed by atoms with Crippen molar-refractivity contribution in [2.75, 3.05) is 5.75 Å². The van der Waals surface area contributed by atoms with Crippen LogP contribution in [0.25, 0.3) is 10.9 Å². The van der Waals surface area contributed by atoms with E-state index in [0.29, 0.717) is 21.8 Å². The van der Waals surface area contributed by atoms with Crippen molar-refractivity contribution >= 4 is 38.2 Å². The fourth-order valence-electron chi connectivity index (χ4n) is 3.81. The Kier molecular flexibility index (Phi) is 5.25. The van der Waals surface area contributed by atoms with E-state index in [1.807, 2.05) is 0 Å². The first-order valence-corrected chi connectivity index (χ1v) is 11.8. The van der Waals surface area contributed by atoms with Gasteiger partial charge in [-0.1, -0.05) is 23.7 Å². The highest BCUT2D eigenvalue weighted by molar-refractivity contribution is 7.93. The summed E-state index contributed by atoms with van der Waals surface area (Å²) in [6.07, 6.45) is 2.70. The van der Waals surface area contributed by atoms with Crippen molar-refractivity contribution in [2.45, 2.75) is 37.5 Å². The normalized spacial score (nSPS) is 22.0. The van der Waals surface area contributed by atoms with Gasteiger partial charge in [0, 0.05) is 23.6 Å². The number of halogens is 3. The van der Waals surface area contributed by atoms with Crippen LogP contribution in [0.15, 0.2) is 41.7 Å². The van der Waals surface area contributed by atoms with E-state index in [2.05, 4.69) is 15.0 Å². The Hall–Kier alpha value is -2.65. The first-order chi connectivity index (χ1) is 14.8. The smallest absolute Gasteiger partial charge is 0.165 e. The van der Waals surface area contributed by atoms with Crippen LogP contribution < -0.4 is 5.73 Å². The van der Waals surface area contributed by atoms with E-state index in [9.17, 15) is 17.2 Å². The molecule has 0 bridgehead atoms. The Morgan fingerprint density at radius 1 is 1.09 bits per heavy atom. The molecule has 168 valence electrons. The number of hydrogen-bond acceptors (Lipinski definition) is 6. The Balaban J connectivity index is 1.79. The summed E-state index contributed by atoms with van der Waals surface area (Å²) in [6.45, 7) is 4.51. The van der Waals surface area contributed by atoms with Gasteiger partial charge in [0.1, 0.15) is 21.9 Å². The number of pyridine rings is 2. The second-order valence-corrected chi connectivity index (χ2v) is 11.6. The third-order valence-corrected chi connectivity index (χ3v) is 8.85. The summed E-state index contributed by atoms with van der Waals surface area (Å²) >= 11 is 5.93. The molecular weight excluding hydrogens is 458 g/mol. The maximum absolute atomic E-state index is 14.9. The molecule has 0 radical (unpaired) electrons. The molecule has 0 saturated heterocycles. The molecule has 0 aliphatic carbocycles. The molecule has 4 rings (SSSR count). The van der Waals surface area contributed by atoms with Crippen LogP contribution in [0.5, 0.6) is 0 Å². The molecule has 1 aliphatic heterocycles. The van der Waals surface area contributed by atoms with Crippen molar-refractivity contribution in [1.82, 2.24) is 9.97 Å². The lowest BCUT2D eigenvalue weighted by atomic mass is 9.91. The lowest BCUT2D eigenvalue weighted by Crippen LogP contribution is -2.55. The standard InChI is InChI=1S/C22H21ClF2N4O2S/c1-21(2)20(26)29-22(3,11-32(21,30)31)15-6-12(4-5-16(15)24)7-18-19-14(17(25)10-27-18)8-13(23)9-28-19/h4-6,8-10H,7,11H2,1-3H3,(H2,26,29)/t22-/m0/s1. The minimum atomic E-state index is -3.69. The first-order valence-electron chi connectivity index (χ1n) is 9.80. The lowest BCUT2D eigenvalue weighted by molar-refractivity contribution is 0.475. The fraction of sp³-hybridized carbons (Fsp3) is 0.318. The van der Waals surface area contributed by atoms with Gasteiger partial charge in [-0.05, 0) is 38.5 Å². The van der Waals surface area contributed by atoms with E-state index in [4.69, 9.17) is 17.3 Å². The summed E-state index contributed by atoms with van der Waals surface area (Å²) in [5, 5.41) is 0.525. The quantitative estimate of drug-likeness (QED) is 0.615. The number of aliphatic imine (C=N–C) groups is 1. The van der Waals surface area contributed by atoms with Gasteiger partial charge >= 0.3 is 0 Å². The molecule has 2 aromatic heterocycles. The van der Waals surface area contributed by atoms with Gasteiger partial charge < -0.3 is 5.73 Å². The van der Waals surface area contributed by atoms with Crippen molar-refractivity contribution in [3.05, 3.63) is 70.1 Å². The Bertz CT molecular complexity index is 1390. The average molecular weight is 479 g/mol. The molecule has 32 heavy (non-hydrogen) atoms. The minimum Gasteiger partial charge on any atom is -0.386 e. The Morgan fingerprint density at radius 2 is 1.81 bits per heavy atom. The fourth-order valence-corrected chi connectivity index (χ4v) is 5.66. The summed E-state index contributed by atoms with van der Waals surface area (Å²) in [5.41, 5.74) is 6.16. The highest BCUT2D eigenvalue weighted by Crippen LogP contribution is 2.38. The molecular formula is C22H21ClF2N4O2S. The van der Waals surface area contributed by atoms with E-state index in [0.717, 1.165) is 6.20 Å². The van der Waals surface area contributed by atoms with Crippen molar-refractivity contribution in [2.24, 2.45) is 10.7 Å². The molecule has 1 aromatic carbocycles. The monoisotopic (exact) mass is 478 g/mol. The van der Waals surface area contributed by atoms with Crippen molar-refractivity contribution < 1.29 is 17.2 Å². The van der Waals surface area contributed by atoms with E-state index in [1.54, 1.807) is 19.1 Å². The predicted octanol–water partition coefficient (Wildman–Crippen LogP) is 3.93. The van der Waals surface area contributed by atoms with Crippen molar-refractivity contribution in [3.8, 4) is 0 Å². The molecule has 0 saturated carbocycles. The molecule has 0 spiro atoms. The summed E-state index contributed by atoms with van der Waals surface area (Å²) < 4.78 is 53.4. The molecule has 1 aliphatic rings. The second kappa shape index (κ2) is 7.45. The van der Waals surface area contributed by atoms with Gasteiger partial charge in [0.15, 0.2) is 15.7 Å². The van der Waals surface area contributed by atoms with E-state index >= 15 is 0 Å². The van der Waals surface area contributed by atoms with Crippen LogP contribution >= 0.6 is 11.6 Å². The largest absolute Gasteiger partial charge is 0.386 e. The molecule has 6 nitrogen and oxygen atoms in total. The molecule has 0 fully saturated rings. The topological polar surface area (TPSA) is 98.3 Å². The van der Waals surface area contributed by atoms with Gasteiger partial charge in [0.05, 0.1) is 28.2 Å². The number of aromatic nitrogens is 2. The Labute approximate surface area is 189 Å². The lowest BCUT2D eigenvalue weighted by Gasteiger charge is -2.38. The van der Waals surface area contributed by atoms with E-state index in [1.165, 1.54) is 32.2 Å². The van der Waals surface area contributed by atoms with Gasteiger partial charge in [-0.25, -0.2) is 17.2 Å². The molecule has 10 heteroatoms. The SMILES string of the molecule is CC1(C)C(N)=N[C@](C)(c2cc(Cc3ncc(F)c4cc(Cl)cnc34)ccc2F)CS1(=O)=O. The molecule has 2 N–H and O–H groups in total. The maximum atomic E-state index is 14.9. The predicted molar refractivity (Wildman–Crippen MR) is 121 cm³/mol. The molecule has 3 aromatic rings. The maximum Gasteiger partial charge on any atom is 0.165 e. The van der Waals surface area contributed by atoms with Gasteiger partial charge in [-0.3, -0.25) is 15.0 Å². The number of fused-ring (bicyclic) bond motifs is 1. The van der Waals surface area contributed by atoms with Gasteiger partial charge in [-0.2, -0.15) is 0 Å². The third kappa shape index (κ3) is 3.63. The minimum absolute atomic E-state index is 0.0664. The molecule has 3 heterocycles. The van der Waals surface area contributed by atoms with Crippen LogP contribution in [0.4, 0.5) is 8.78 Å². The molecule has 0 amide bonds. The summed E-state index contributed by atoms with van der Waals surface area (Å²) in [7, 11) is -3.69. The third-order valence-electron chi connectivity index (χ3n) is 5.93. The number of benzene rings is 1. The zero-order valence-corrected chi connectivity index (χ0v) is 19.2. The zero-order chi connectivity index (χ0) is 23.5. The number of nitrogens with zero attached hydrogens (tertiary/aromatic N) is 3. The number of sulfone groups is 1. The number of rotatable bonds is 3. The highest BCUT2D eigenvalue weighted by atomic mass is 35.5. The zero-order valence-electron chi connectivity index (χ0n) is 17.7. The highest BCUT2D eigenvalue weighted by Gasteiger charge is 2.49. The number of nitrogens with two attached hydrogens (primary N) is 1. The Morgan fingerprint density at radius 3 is 2.50 bits per heavy atom. The first kappa shape index (κ1) is 22.5. The average Bonchev–Trinajstić information content (AvgIpc) is 2.70. The van der Waals surface area contributed by atoms with Crippen LogP contribution in [0, 0.1) is 11.6 Å². The second-order valence-electron chi connectivity index (χ2n) is 8.63. The summed E-state index contributed by atoms with van der Waals surface area (Å²) in [4.78, 5) is 12.7. The van der Waals surface area contributed by atoms with Gasteiger partial charge in [0.2, 0.25) is 0 Å². The van der Waals surface area contributed by atoms with Crippen molar-refractivity contribution in [1.29, 1.82) is 0 Å². The van der Waals surface area contributed by atoms with Crippen LogP contribution in [0.3, 0.4) is 0 Å². The van der Waals surface area contributed by atoms with Crippen LogP contribution in [-0.4, -0.2) is 34.7 Å². The van der Waals surface area contributed by atoms with Gasteiger partial charge in [-0.15, -0.1) is 0 Å². The molecule has 0 unspecified atom stereocenters. The van der Waals surface area contributed by atoms with Crippen LogP contribution in [0.2, 0.25) is 5.02 Å².